The van der Waals surface area contributed by atoms with Crippen molar-refractivity contribution in [3.63, 3.8) is 0 Å². The fourth-order valence-electron chi connectivity index (χ4n) is 2.47. The molecule has 3 aromatic rings. The van der Waals surface area contributed by atoms with Crippen LogP contribution in [0.4, 0.5) is 0 Å². The molecule has 0 unspecified atom stereocenters. The number of oxazole rings is 1. The van der Waals surface area contributed by atoms with Crippen LogP contribution in [-0.2, 0) is 16.4 Å². The van der Waals surface area contributed by atoms with E-state index in [0.717, 1.165) is 11.3 Å². The summed E-state index contributed by atoms with van der Waals surface area (Å²) in [7, 11) is -3.50. The Bertz CT molecular complexity index is 946. The minimum Gasteiger partial charge on any atom is -0.441 e. The zero-order chi connectivity index (χ0) is 17.9. The third-order valence-electron chi connectivity index (χ3n) is 3.90. The van der Waals surface area contributed by atoms with E-state index in [2.05, 4.69) is 9.71 Å². The van der Waals surface area contributed by atoms with Crippen LogP contribution in [0.25, 0.3) is 11.5 Å². The fraction of sp³-hybridized carbons (Fsp3) is 0.211. The molecule has 0 radical (unpaired) electrons. The zero-order valence-electron chi connectivity index (χ0n) is 14.2. The van der Waals surface area contributed by atoms with Crippen LogP contribution in [0.1, 0.15) is 17.0 Å². The normalized spacial score (nSPS) is 11.6. The number of aromatic nitrogens is 1. The molecule has 0 spiro atoms. The minimum absolute atomic E-state index is 0.257. The van der Waals surface area contributed by atoms with E-state index >= 15 is 0 Å². The first kappa shape index (κ1) is 17.4. The smallest absolute Gasteiger partial charge is 0.240 e. The number of benzene rings is 2. The molecule has 1 heterocycles. The van der Waals surface area contributed by atoms with E-state index in [1.165, 1.54) is 5.56 Å². The van der Waals surface area contributed by atoms with Gasteiger partial charge < -0.3 is 4.42 Å². The van der Waals surface area contributed by atoms with Crippen LogP contribution in [0.5, 0.6) is 0 Å². The lowest BCUT2D eigenvalue weighted by molar-refractivity contribution is 0.538. The van der Waals surface area contributed by atoms with Crippen LogP contribution >= 0.6 is 0 Å². The molecule has 25 heavy (non-hydrogen) atoms. The van der Waals surface area contributed by atoms with Gasteiger partial charge in [0.05, 0.1) is 10.6 Å². The van der Waals surface area contributed by atoms with Crippen molar-refractivity contribution in [2.45, 2.75) is 25.2 Å². The van der Waals surface area contributed by atoms with Gasteiger partial charge in [0, 0.05) is 18.5 Å². The predicted molar refractivity (Wildman–Crippen MR) is 96.7 cm³/mol. The maximum absolute atomic E-state index is 12.2. The third-order valence-corrected chi connectivity index (χ3v) is 5.38. The second-order valence-corrected chi connectivity index (χ2v) is 7.62. The van der Waals surface area contributed by atoms with Gasteiger partial charge in [-0.05, 0) is 38.1 Å². The van der Waals surface area contributed by atoms with Gasteiger partial charge in [0.1, 0.15) is 5.76 Å². The number of nitrogens with zero attached hydrogens (tertiary/aromatic N) is 1. The van der Waals surface area contributed by atoms with Crippen LogP contribution in [0.3, 0.4) is 0 Å². The van der Waals surface area contributed by atoms with Crippen molar-refractivity contribution in [3.05, 3.63) is 71.6 Å². The van der Waals surface area contributed by atoms with E-state index in [4.69, 9.17) is 4.42 Å². The SMILES string of the molecule is Cc1ccc(-c2nc(CCNS(=O)(=O)c3ccccc3)c(C)o2)cc1. The molecule has 3 rings (SSSR count). The number of hydrogen-bond donors (Lipinski definition) is 1. The Morgan fingerprint density at radius 2 is 1.68 bits per heavy atom. The van der Waals surface area contributed by atoms with Crippen LogP contribution in [0.2, 0.25) is 0 Å². The Balaban J connectivity index is 1.67. The molecule has 130 valence electrons. The van der Waals surface area contributed by atoms with Gasteiger partial charge >= 0.3 is 0 Å². The molecule has 5 nitrogen and oxygen atoms in total. The molecule has 0 bridgehead atoms. The Hall–Kier alpha value is -2.44. The second-order valence-electron chi connectivity index (χ2n) is 5.85. The summed E-state index contributed by atoms with van der Waals surface area (Å²) in [4.78, 5) is 4.76. The fourth-order valence-corrected chi connectivity index (χ4v) is 3.52. The quantitative estimate of drug-likeness (QED) is 0.734. The lowest BCUT2D eigenvalue weighted by atomic mass is 10.1. The van der Waals surface area contributed by atoms with Crippen molar-refractivity contribution < 1.29 is 12.8 Å². The molecule has 0 amide bonds. The molecule has 1 aromatic heterocycles. The number of sulfonamides is 1. The maximum Gasteiger partial charge on any atom is 0.240 e. The van der Waals surface area contributed by atoms with Gasteiger partial charge in [-0.15, -0.1) is 0 Å². The van der Waals surface area contributed by atoms with Crippen LogP contribution in [-0.4, -0.2) is 19.9 Å². The van der Waals surface area contributed by atoms with Gasteiger partial charge in [-0.3, -0.25) is 0 Å². The van der Waals surface area contributed by atoms with Crippen molar-refractivity contribution in [2.24, 2.45) is 0 Å². The molecule has 0 atom stereocenters. The third kappa shape index (κ3) is 4.15. The average molecular weight is 356 g/mol. The molecule has 0 fully saturated rings. The first-order chi connectivity index (χ1) is 12.0. The van der Waals surface area contributed by atoms with Gasteiger partial charge in [-0.2, -0.15) is 0 Å². The van der Waals surface area contributed by atoms with E-state index in [1.54, 1.807) is 30.3 Å². The van der Waals surface area contributed by atoms with Gasteiger partial charge in [0.2, 0.25) is 15.9 Å². The summed E-state index contributed by atoms with van der Waals surface area (Å²) in [6, 6.07) is 16.2. The van der Waals surface area contributed by atoms with Crippen LogP contribution in [0.15, 0.2) is 63.9 Å². The van der Waals surface area contributed by atoms with Crippen molar-refractivity contribution in [1.29, 1.82) is 0 Å². The predicted octanol–water partition coefficient (Wildman–Crippen LogP) is 3.48. The monoisotopic (exact) mass is 356 g/mol. The van der Waals surface area contributed by atoms with E-state index in [-0.39, 0.29) is 11.4 Å². The highest BCUT2D eigenvalue weighted by molar-refractivity contribution is 7.89. The first-order valence-electron chi connectivity index (χ1n) is 8.04. The van der Waals surface area contributed by atoms with Gasteiger partial charge in [-0.25, -0.2) is 18.1 Å². The molecular weight excluding hydrogens is 336 g/mol. The number of hydrogen-bond acceptors (Lipinski definition) is 4. The van der Waals surface area contributed by atoms with Crippen molar-refractivity contribution >= 4 is 10.0 Å². The Morgan fingerprint density at radius 1 is 1.00 bits per heavy atom. The maximum atomic E-state index is 12.2. The largest absolute Gasteiger partial charge is 0.441 e. The van der Waals surface area contributed by atoms with E-state index in [0.29, 0.717) is 18.1 Å². The molecular formula is C19H20N2O3S. The standard InChI is InChI=1S/C19H20N2O3S/c1-14-8-10-16(11-9-14)19-21-18(15(2)24-19)12-13-20-25(22,23)17-6-4-3-5-7-17/h3-11,20H,12-13H2,1-2H3. The van der Waals surface area contributed by atoms with Gasteiger partial charge in [0.15, 0.2) is 0 Å². The number of aryl methyl sites for hydroxylation is 2. The first-order valence-corrected chi connectivity index (χ1v) is 9.52. The molecule has 2 aromatic carbocycles. The minimum atomic E-state index is -3.50. The Morgan fingerprint density at radius 3 is 2.36 bits per heavy atom. The summed E-state index contributed by atoms with van der Waals surface area (Å²) in [5, 5.41) is 0. The summed E-state index contributed by atoms with van der Waals surface area (Å²) in [6.07, 6.45) is 0.466. The van der Waals surface area contributed by atoms with E-state index in [9.17, 15) is 8.42 Å². The summed E-state index contributed by atoms with van der Waals surface area (Å²) in [5.74, 6) is 1.26. The topological polar surface area (TPSA) is 72.2 Å². The molecule has 0 saturated carbocycles. The van der Waals surface area contributed by atoms with Gasteiger partial charge in [0.25, 0.3) is 0 Å². The Labute approximate surface area is 147 Å². The van der Waals surface area contributed by atoms with Crippen molar-refractivity contribution in [2.75, 3.05) is 6.54 Å². The average Bonchev–Trinajstić information content (AvgIpc) is 2.97. The summed E-state index contributed by atoms with van der Waals surface area (Å²) >= 11 is 0. The lowest BCUT2D eigenvalue weighted by Gasteiger charge is -2.05. The summed E-state index contributed by atoms with van der Waals surface area (Å²) < 4.78 is 32.7. The molecule has 0 saturated heterocycles. The van der Waals surface area contributed by atoms with Crippen LogP contribution in [0, 0.1) is 13.8 Å². The van der Waals surface area contributed by atoms with E-state index in [1.807, 2.05) is 38.1 Å². The molecule has 0 aliphatic carbocycles. The molecule has 0 aliphatic heterocycles. The number of rotatable bonds is 6. The molecule has 1 N–H and O–H groups in total. The second kappa shape index (κ2) is 7.21. The highest BCUT2D eigenvalue weighted by Gasteiger charge is 2.15. The summed E-state index contributed by atoms with van der Waals surface area (Å²) in [5.41, 5.74) is 2.83. The van der Waals surface area contributed by atoms with Crippen LogP contribution < -0.4 is 4.72 Å². The number of nitrogens with one attached hydrogen (secondary N) is 1. The zero-order valence-corrected chi connectivity index (χ0v) is 15.0. The lowest BCUT2D eigenvalue weighted by Crippen LogP contribution is -2.26. The van der Waals surface area contributed by atoms with Crippen molar-refractivity contribution in [1.82, 2.24) is 9.71 Å². The van der Waals surface area contributed by atoms with E-state index < -0.39 is 10.0 Å². The van der Waals surface area contributed by atoms with Crippen molar-refractivity contribution in [3.8, 4) is 11.5 Å². The highest BCUT2D eigenvalue weighted by Crippen LogP contribution is 2.22. The Kier molecular flexibility index (Phi) is 5.01. The van der Waals surface area contributed by atoms with Gasteiger partial charge in [-0.1, -0.05) is 35.9 Å². The summed E-state index contributed by atoms with van der Waals surface area (Å²) in [6.45, 7) is 4.12. The highest BCUT2D eigenvalue weighted by atomic mass is 32.2. The molecule has 6 heteroatoms. The molecule has 0 aliphatic rings.